The Morgan fingerprint density at radius 1 is 1.50 bits per heavy atom. The minimum atomic E-state index is -0.167. The smallest absolute Gasteiger partial charge is 0.279 e. The van der Waals surface area contributed by atoms with Crippen molar-refractivity contribution in [3.05, 3.63) is 28.4 Å². The number of aromatic nitrogens is 3. The highest BCUT2D eigenvalue weighted by atomic mass is 16.5. The van der Waals surface area contributed by atoms with Crippen LogP contribution in [0, 0.1) is 6.92 Å². The molecule has 1 fully saturated rings. The Labute approximate surface area is 116 Å². The Hall–Kier alpha value is -1.95. The van der Waals surface area contributed by atoms with Crippen molar-refractivity contribution in [1.29, 1.82) is 0 Å². The monoisotopic (exact) mass is 275 g/mol. The SMILES string of the molecule is Cc1ncc2cc(OC3CCCOC3)n(C)c(=O)c2n1. The van der Waals surface area contributed by atoms with Crippen molar-refractivity contribution in [2.24, 2.45) is 7.05 Å². The molecule has 2 aromatic rings. The molecule has 3 rings (SSSR count). The second kappa shape index (κ2) is 5.20. The maximum absolute atomic E-state index is 12.3. The second-order valence-corrected chi connectivity index (χ2v) is 5.02. The topological polar surface area (TPSA) is 66.2 Å². The molecule has 0 saturated carbocycles. The maximum Gasteiger partial charge on any atom is 0.279 e. The van der Waals surface area contributed by atoms with Gasteiger partial charge in [-0.15, -0.1) is 0 Å². The Balaban J connectivity index is 2.01. The number of ether oxygens (including phenoxy) is 2. The second-order valence-electron chi connectivity index (χ2n) is 5.02. The van der Waals surface area contributed by atoms with Crippen LogP contribution in [0.1, 0.15) is 18.7 Å². The minimum Gasteiger partial charge on any atom is -0.473 e. The third-order valence-electron chi connectivity index (χ3n) is 3.46. The lowest BCUT2D eigenvalue weighted by Crippen LogP contribution is -2.30. The van der Waals surface area contributed by atoms with Gasteiger partial charge in [-0.05, 0) is 19.8 Å². The van der Waals surface area contributed by atoms with Crippen LogP contribution in [0.3, 0.4) is 0 Å². The molecule has 0 N–H and O–H groups in total. The zero-order valence-electron chi connectivity index (χ0n) is 11.6. The predicted molar refractivity (Wildman–Crippen MR) is 74.0 cm³/mol. The van der Waals surface area contributed by atoms with E-state index in [1.807, 2.05) is 6.07 Å². The van der Waals surface area contributed by atoms with E-state index in [-0.39, 0.29) is 11.7 Å². The van der Waals surface area contributed by atoms with Gasteiger partial charge in [-0.3, -0.25) is 9.36 Å². The molecule has 3 heterocycles. The molecular weight excluding hydrogens is 258 g/mol. The lowest BCUT2D eigenvalue weighted by atomic mass is 10.2. The average Bonchev–Trinajstić information content (AvgIpc) is 2.46. The molecule has 0 spiro atoms. The summed E-state index contributed by atoms with van der Waals surface area (Å²) in [6.45, 7) is 3.11. The number of fused-ring (bicyclic) bond motifs is 1. The summed E-state index contributed by atoms with van der Waals surface area (Å²) in [4.78, 5) is 20.6. The first-order valence-electron chi connectivity index (χ1n) is 6.73. The van der Waals surface area contributed by atoms with Gasteiger partial charge in [0.15, 0.2) is 5.88 Å². The molecule has 106 valence electrons. The molecule has 0 amide bonds. The van der Waals surface area contributed by atoms with E-state index < -0.39 is 0 Å². The molecule has 0 aromatic carbocycles. The van der Waals surface area contributed by atoms with E-state index in [0.717, 1.165) is 19.4 Å². The van der Waals surface area contributed by atoms with Crippen molar-refractivity contribution in [2.75, 3.05) is 13.2 Å². The number of rotatable bonds is 2. The zero-order chi connectivity index (χ0) is 14.1. The Morgan fingerprint density at radius 2 is 2.35 bits per heavy atom. The van der Waals surface area contributed by atoms with Crippen LogP contribution < -0.4 is 10.3 Å². The van der Waals surface area contributed by atoms with Gasteiger partial charge in [0, 0.05) is 31.3 Å². The van der Waals surface area contributed by atoms with Crippen LogP contribution in [0.2, 0.25) is 0 Å². The quantitative estimate of drug-likeness (QED) is 0.823. The number of pyridine rings is 1. The number of hydrogen-bond donors (Lipinski definition) is 0. The molecule has 2 aromatic heterocycles. The van der Waals surface area contributed by atoms with Crippen molar-refractivity contribution >= 4 is 10.9 Å². The van der Waals surface area contributed by atoms with Crippen LogP contribution in [0.4, 0.5) is 0 Å². The normalized spacial score (nSPS) is 19.2. The standard InChI is InChI=1S/C14H17N3O3/c1-9-15-7-10-6-12(17(2)14(18)13(10)16-9)20-11-4-3-5-19-8-11/h6-7,11H,3-5,8H2,1-2H3. The number of hydrogen-bond acceptors (Lipinski definition) is 5. The van der Waals surface area contributed by atoms with Gasteiger partial charge in [-0.2, -0.15) is 0 Å². The van der Waals surface area contributed by atoms with E-state index in [4.69, 9.17) is 9.47 Å². The van der Waals surface area contributed by atoms with Crippen molar-refractivity contribution < 1.29 is 9.47 Å². The van der Waals surface area contributed by atoms with Gasteiger partial charge >= 0.3 is 0 Å². The van der Waals surface area contributed by atoms with Gasteiger partial charge in [-0.1, -0.05) is 0 Å². The first-order valence-corrected chi connectivity index (χ1v) is 6.73. The van der Waals surface area contributed by atoms with Crippen LogP contribution >= 0.6 is 0 Å². The fraction of sp³-hybridized carbons (Fsp3) is 0.500. The third kappa shape index (κ3) is 2.38. The molecule has 1 atom stereocenters. The minimum absolute atomic E-state index is 0.00170. The van der Waals surface area contributed by atoms with Crippen molar-refractivity contribution in [3.63, 3.8) is 0 Å². The van der Waals surface area contributed by atoms with Crippen LogP contribution in [0.15, 0.2) is 17.1 Å². The Kier molecular flexibility index (Phi) is 3.40. The number of nitrogens with zero attached hydrogens (tertiary/aromatic N) is 3. The highest BCUT2D eigenvalue weighted by molar-refractivity contribution is 5.77. The molecule has 0 aliphatic carbocycles. The van der Waals surface area contributed by atoms with Crippen LogP contribution in [-0.4, -0.2) is 33.9 Å². The fourth-order valence-electron chi connectivity index (χ4n) is 2.33. The van der Waals surface area contributed by atoms with E-state index in [2.05, 4.69) is 9.97 Å². The fourth-order valence-corrected chi connectivity index (χ4v) is 2.33. The van der Waals surface area contributed by atoms with E-state index >= 15 is 0 Å². The summed E-state index contributed by atoms with van der Waals surface area (Å²) in [5.74, 6) is 1.12. The van der Waals surface area contributed by atoms with Crippen LogP contribution in [0.5, 0.6) is 5.88 Å². The summed E-state index contributed by atoms with van der Waals surface area (Å²) in [6, 6.07) is 1.81. The molecule has 0 bridgehead atoms. The van der Waals surface area contributed by atoms with Crippen LogP contribution in [-0.2, 0) is 11.8 Å². The Morgan fingerprint density at radius 3 is 3.10 bits per heavy atom. The molecular formula is C14H17N3O3. The molecule has 1 aliphatic rings. The van der Waals surface area contributed by atoms with E-state index in [1.165, 1.54) is 4.57 Å². The lowest BCUT2D eigenvalue weighted by Gasteiger charge is -2.24. The van der Waals surface area contributed by atoms with Gasteiger partial charge in [0.05, 0.1) is 6.61 Å². The van der Waals surface area contributed by atoms with Crippen molar-refractivity contribution in [3.8, 4) is 5.88 Å². The summed E-state index contributed by atoms with van der Waals surface area (Å²) in [5.41, 5.74) is 0.256. The largest absolute Gasteiger partial charge is 0.473 e. The maximum atomic E-state index is 12.3. The highest BCUT2D eigenvalue weighted by Gasteiger charge is 2.18. The van der Waals surface area contributed by atoms with Gasteiger partial charge in [-0.25, -0.2) is 9.97 Å². The molecule has 0 radical (unpaired) electrons. The van der Waals surface area contributed by atoms with Crippen molar-refractivity contribution in [1.82, 2.24) is 14.5 Å². The van der Waals surface area contributed by atoms with E-state index in [9.17, 15) is 4.79 Å². The highest BCUT2D eigenvalue weighted by Crippen LogP contribution is 2.19. The molecule has 6 heteroatoms. The third-order valence-corrected chi connectivity index (χ3v) is 3.46. The molecule has 1 aliphatic heterocycles. The summed E-state index contributed by atoms with van der Waals surface area (Å²) in [7, 11) is 1.69. The molecule has 6 nitrogen and oxygen atoms in total. The predicted octanol–water partition coefficient (Wildman–Crippen LogP) is 1.19. The summed E-state index contributed by atoms with van der Waals surface area (Å²) in [5, 5.41) is 0.699. The summed E-state index contributed by atoms with van der Waals surface area (Å²) < 4.78 is 12.8. The molecule has 1 unspecified atom stereocenters. The first kappa shape index (κ1) is 13.1. The summed E-state index contributed by atoms with van der Waals surface area (Å²) in [6.07, 6.45) is 3.58. The zero-order valence-corrected chi connectivity index (χ0v) is 11.6. The van der Waals surface area contributed by atoms with E-state index in [0.29, 0.717) is 29.2 Å². The number of aryl methyl sites for hydroxylation is 1. The van der Waals surface area contributed by atoms with Crippen LogP contribution in [0.25, 0.3) is 10.9 Å². The summed E-state index contributed by atoms with van der Waals surface area (Å²) >= 11 is 0. The van der Waals surface area contributed by atoms with Gasteiger partial charge < -0.3 is 9.47 Å². The van der Waals surface area contributed by atoms with E-state index in [1.54, 1.807) is 20.2 Å². The van der Waals surface area contributed by atoms with Gasteiger partial charge in [0.2, 0.25) is 0 Å². The first-order chi connectivity index (χ1) is 9.65. The van der Waals surface area contributed by atoms with Gasteiger partial charge in [0.1, 0.15) is 17.4 Å². The van der Waals surface area contributed by atoms with Gasteiger partial charge in [0.25, 0.3) is 5.56 Å². The lowest BCUT2D eigenvalue weighted by molar-refractivity contribution is 0.00393. The molecule has 20 heavy (non-hydrogen) atoms. The molecule has 1 saturated heterocycles. The average molecular weight is 275 g/mol. The Bertz CT molecular complexity index is 690. The van der Waals surface area contributed by atoms with Crippen molar-refractivity contribution in [2.45, 2.75) is 25.9 Å².